The molecule has 1 N–H and O–H groups in total. The van der Waals surface area contributed by atoms with Crippen molar-refractivity contribution in [3.8, 4) is 0 Å². The molecule has 5 heteroatoms. The van der Waals surface area contributed by atoms with Crippen molar-refractivity contribution in [2.45, 2.75) is 18.6 Å². The molecule has 0 bridgehead atoms. The predicted molar refractivity (Wildman–Crippen MR) is 40.0 cm³/mol. The molecule has 0 aliphatic carbocycles. The molecule has 0 radical (unpaired) electrons. The van der Waals surface area contributed by atoms with Crippen molar-refractivity contribution >= 4 is 0 Å². The molecule has 1 aliphatic rings. The van der Waals surface area contributed by atoms with Crippen LogP contribution in [0.2, 0.25) is 0 Å². The van der Waals surface area contributed by atoms with Gasteiger partial charge in [0.15, 0.2) is 0 Å². The standard InChI is InChI=1S/C7H13F3N2/c1-12(5-7(8,9)10)6-2-3-11-4-6/h6,11H,2-5H2,1H3. The molecular weight excluding hydrogens is 169 g/mol. The monoisotopic (exact) mass is 182 g/mol. The Hall–Kier alpha value is -0.290. The van der Waals surface area contributed by atoms with Crippen LogP contribution in [-0.4, -0.2) is 43.8 Å². The van der Waals surface area contributed by atoms with Crippen molar-refractivity contribution in [1.29, 1.82) is 0 Å². The Morgan fingerprint density at radius 2 is 2.17 bits per heavy atom. The summed E-state index contributed by atoms with van der Waals surface area (Å²) in [5.41, 5.74) is 0. The van der Waals surface area contributed by atoms with Crippen LogP contribution in [0.15, 0.2) is 0 Å². The molecule has 1 fully saturated rings. The van der Waals surface area contributed by atoms with Gasteiger partial charge in [0.2, 0.25) is 0 Å². The maximum Gasteiger partial charge on any atom is 0.401 e. The maximum atomic E-state index is 11.9. The highest BCUT2D eigenvalue weighted by molar-refractivity contribution is 4.79. The summed E-state index contributed by atoms with van der Waals surface area (Å²) in [7, 11) is 1.52. The number of nitrogens with one attached hydrogen (secondary N) is 1. The summed E-state index contributed by atoms with van der Waals surface area (Å²) >= 11 is 0. The average molecular weight is 182 g/mol. The molecule has 12 heavy (non-hydrogen) atoms. The van der Waals surface area contributed by atoms with E-state index in [1.807, 2.05) is 0 Å². The van der Waals surface area contributed by atoms with E-state index in [0.29, 0.717) is 6.54 Å². The van der Waals surface area contributed by atoms with Crippen LogP contribution >= 0.6 is 0 Å². The minimum Gasteiger partial charge on any atom is -0.315 e. The van der Waals surface area contributed by atoms with E-state index < -0.39 is 12.7 Å². The molecule has 1 rings (SSSR count). The number of alkyl halides is 3. The van der Waals surface area contributed by atoms with Gasteiger partial charge >= 0.3 is 6.18 Å². The smallest absolute Gasteiger partial charge is 0.315 e. The lowest BCUT2D eigenvalue weighted by molar-refractivity contribution is -0.146. The Bertz CT molecular complexity index is 140. The number of rotatable bonds is 2. The van der Waals surface area contributed by atoms with Gasteiger partial charge in [0.1, 0.15) is 0 Å². The van der Waals surface area contributed by atoms with Crippen molar-refractivity contribution in [2.24, 2.45) is 0 Å². The summed E-state index contributed by atoms with van der Waals surface area (Å²) in [4.78, 5) is 1.36. The SMILES string of the molecule is CN(CC(F)(F)F)C1CCNC1. The average Bonchev–Trinajstić information content (AvgIpc) is 2.32. The zero-order valence-corrected chi connectivity index (χ0v) is 6.99. The third-order valence-electron chi connectivity index (χ3n) is 2.09. The van der Waals surface area contributed by atoms with Gasteiger partial charge in [-0.1, -0.05) is 0 Å². The molecule has 0 aromatic carbocycles. The van der Waals surface area contributed by atoms with E-state index in [0.717, 1.165) is 13.0 Å². The first kappa shape index (κ1) is 9.80. The van der Waals surface area contributed by atoms with Crippen LogP contribution in [0.3, 0.4) is 0 Å². The molecule has 1 heterocycles. The zero-order chi connectivity index (χ0) is 9.19. The molecule has 2 nitrogen and oxygen atoms in total. The van der Waals surface area contributed by atoms with Gasteiger partial charge in [-0.3, -0.25) is 4.90 Å². The second-order valence-electron chi connectivity index (χ2n) is 3.18. The Balaban J connectivity index is 2.31. The van der Waals surface area contributed by atoms with E-state index in [4.69, 9.17) is 0 Å². The largest absolute Gasteiger partial charge is 0.401 e. The molecular formula is C7H13F3N2. The van der Waals surface area contributed by atoms with Gasteiger partial charge in [-0.25, -0.2) is 0 Å². The fourth-order valence-corrected chi connectivity index (χ4v) is 1.43. The van der Waals surface area contributed by atoms with Crippen LogP contribution in [0.5, 0.6) is 0 Å². The number of hydrogen-bond donors (Lipinski definition) is 1. The summed E-state index contributed by atoms with van der Waals surface area (Å²) < 4.78 is 35.7. The van der Waals surface area contributed by atoms with Gasteiger partial charge in [0.05, 0.1) is 6.54 Å². The van der Waals surface area contributed by atoms with Crippen molar-refractivity contribution < 1.29 is 13.2 Å². The van der Waals surface area contributed by atoms with E-state index in [1.165, 1.54) is 11.9 Å². The second kappa shape index (κ2) is 3.62. The van der Waals surface area contributed by atoms with Gasteiger partial charge in [-0.05, 0) is 20.0 Å². The molecule has 72 valence electrons. The lowest BCUT2D eigenvalue weighted by atomic mass is 10.2. The van der Waals surface area contributed by atoms with Gasteiger partial charge in [-0.2, -0.15) is 13.2 Å². The first-order chi connectivity index (χ1) is 5.49. The van der Waals surface area contributed by atoms with Crippen molar-refractivity contribution in [1.82, 2.24) is 10.2 Å². The fraction of sp³-hybridized carbons (Fsp3) is 1.00. The van der Waals surface area contributed by atoms with Crippen LogP contribution in [0.1, 0.15) is 6.42 Å². The van der Waals surface area contributed by atoms with E-state index in [2.05, 4.69) is 5.32 Å². The minimum atomic E-state index is -4.07. The van der Waals surface area contributed by atoms with Crippen molar-refractivity contribution in [3.63, 3.8) is 0 Å². The topological polar surface area (TPSA) is 15.3 Å². The molecule has 1 aliphatic heterocycles. The summed E-state index contributed by atoms with van der Waals surface area (Å²) in [5, 5.41) is 3.03. The van der Waals surface area contributed by atoms with Gasteiger partial charge in [0.25, 0.3) is 0 Å². The van der Waals surface area contributed by atoms with Gasteiger partial charge in [-0.15, -0.1) is 0 Å². The summed E-state index contributed by atoms with van der Waals surface area (Å²) in [6.45, 7) is 0.693. The van der Waals surface area contributed by atoms with Gasteiger partial charge in [0, 0.05) is 12.6 Å². The zero-order valence-electron chi connectivity index (χ0n) is 6.99. The highest BCUT2D eigenvalue weighted by Crippen LogP contribution is 2.18. The molecule has 0 spiro atoms. The quantitative estimate of drug-likeness (QED) is 0.680. The number of hydrogen-bond acceptors (Lipinski definition) is 2. The first-order valence-electron chi connectivity index (χ1n) is 3.97. The predicted octanol–water partition coefficient (Wildman–Crippen LogP) is 0.842. The molecule has 0 aromatic rings. The fourth-order valence-electron chi connectivity index (χ4n) is 1.43. The van der Waals surface area contributed by atoms with E-state index in [9.17, 15) is 13.2 Å². The van der Waals surface area contributed by atoms with Crippen molar-refractivity contribution in [2.75, 3.05) is 26.7 Å². The van der Waals surface area contributed by atoms with Gasteiger partial charge < -0.3 is 5.32 Å². The van der Waals surface area contributed by atoms with Crippen LogP contribution in [0.25, 0.3) is 0 Å². The second-order valence-corrected chi connectivity index (χ2v) is 3.18. The summed E-state index contributed by atoms with van der Waals surface area (Å²) in [6, 6.07) is 0.0478. The van der Waals surface area contributed by atoms with Crippen molar-refractivity contribution in [3.05, 3.63) is 0 Å². The Morgan fingerprint density at radius 1 is 1.50 bits per heavy atom. The van der Waals surface area contributed by atoms with Crippen LogP contribution in [-0.2, 0) is 0 Å². The molecule has 1 unspecified atom stereocenters. The molecule has 0 saturated carbocycles. The van der Waals surface area contributed by atoms with Crippen LogP contribution in [0.4, 0.5) is 13.2 Å². The maximum absolute atomic E-state index is 11.9. The lowest BCUT2D eigenvalue weighted by Crippen LogP contribution is -2.39. The molecule has 1 saturated heterocycles. The highest BCUT2D eigenvalue weighted by atomic mass is 19.4. The minimum absolute atomic E-state index is 0.0478. The number of halogens is 3. The molecule has 0 aromatic heterocycles. The van der Waals surface area contributed by atoms with Crippen LogP contribution < -0.4 is 5.32 Å². The highest BCUT2D eigenvalue weighted by Gasteiger charge is 2.32. The van der Waals surface area contributed by atoms with Crippen LogP contribution in [0, 0.1) is 0 Å². The number of nitrogens with zero attached hydrogens (tertiary/aromatic N) is 1. The molecule has 1 atom stereocenters. The third kappa shape index (κ3) is 2.98. The first-order valence-corrected chi connectivity index (χ1v) is 3.97. The summed E-state index contributed by atoms with van der Waals surface area (Å²) in [6.07, 6.45) is -3.26. The van der Waals surface area contributed by atoms with E-state index in [-0.39, 0.29) is 6.04 Å². The normalized spacial score (nSPS) is 25.2. The Labute approximate surface area is 69.7 Å². The Morgan fingerprint density at radius 3 is 2.58 bits per heavy atom. The number of likely N-dealkylation sites (N-methyl/N-ethyl adjacent to an activating group) is 1. The molecule has 0 amide bonds. The lowest BCUT2D eigenvalue weighted by Gasteiger charge is -2.24. The van der Waals surface area contributed by atoms with E-state index in [1.54, 1.807) is 0 Å². The van der Waals surface area contributed by atoms with E-state index >= 15 is 0 Å². The third-order valence-corrected chi connectivity index (χ3v) is 2.09. The summed E-state index contributed by atoms with van der Waals surface area (Å²) in [5.74, 6) is 0. The Kier molecular flexibility index (Phi) is 2.95.